The topological polar surface area (TPSA) is 18.5 Å². The molecule has 1 aromatic rings. The Balaban J connectivity index is 1.40. The van der Waals surface area contributed by atoms with Crippen molar-refractivity contribution in [1.29, 1.82) is 0 Å². The standard InChI is InChI=1S/C16H24ClN3/c17-15-5-1-2-6-16(15)18-8-12-19-11-7-14(13-19)20-9-3-4-10-20/h1-2,5-6,14,18H,3-4,7-13H2. The van der Waals surface area contributed by atoms with E-state index in [1.807, 2.05) is 24.3 Å². The number of hydrogen-bond donors (Lipinski definition) is 1. The quantitative estimate of drug-likeness (QED) is 0.900. The molecule has 2 aliphatic rings. The van der Waals surface area contributed by atoms with Crippen molar-refractivity contribution in [1.82, 2.24) is 9.80 Å². The fourth-order valence-electron chi connectivity index (χ4n) is 3.37. The fourth-order valence-corrected chi connectivity index (χ4v) is 3.58. The van der Waals surface area contributed by atoms with E-state index >= 15 is 0 Å². The Kier molecular flexibility index (Phi) is 4.81. The number of benzene rings is 1. The van der Waals surface area contributed by atoms with E-state index in [1.54, 1.807) is 0 Å². The Bertz CT molecular complexity index is 431. The number of anilines is 1. The highest BCUT2D eigenvalue weighted by molar-refractivity contribution is 6.33. The van der Waals surface area contributed by atoms with Crippen LogP contribution in [0.25, 0.3) is 0 Å². The van der Waals surface area contributed by atoms with E-state index in [1.165, 1.54) is 45.4 Å². The molecule has 4 heteroatoms. The van der Waals surface area contributed by atoms with Gasteiger partial charge in [0, 0.05) is 25.7 Å². The molecule has 2 heterocycles. The Labute approximate surface area is 126 Å². The van der Waals surface area contributed by atoms with Gasteiger partial charge in [-0.1, -0.05) is 23.7 Å². The first-order valence-electron chi connectivity index (χ1n) is 7.78. The second kappa shape index (κ2) is 6.79. The molecule has 1 aromatic carbocycles. The highest BCUT2D eigenvalue weighted by Gasteiger charge is 2.28. The number of halogens is 1. The maximum atomic E-state index is 6.15. The van der Waals surface area contributed by atoms with Gasteiger partial charge in [0.1, 0.15) is 0 Å². The summed E-state index contributed by atoms with van der Waals surface area (Å²) in [4.78, 5) is 5.26. The predicted molar refractivity (Wildman–Crippen MR) is 85.6 cm³/mol. The van der Waals surface area contributed by atoms with Crippen molar-refractivity contribution in [3.8, 4) is 0 Å². The highest BCUT2D eigenvalue weighted by atomic mass is 35.5. The van der Waals surface area contributed by atoms with Crippen LogP contribution in [0.15, 0.2) is 24.3 Å². The zero-order chi connectivity index (χ0) is 13.8. The lowest BCUT2D eigenvalue weighted by Gasteiger charge is -2.23. The van der Waals surface area contributed by atoms with Crippen LogP contribution in [0.3, 0.4) is 0 Å². The van der Waals surface area contributed by atoms with Crippen LogP contribution < -0.4 is 5.32 Å². The van der Waals surface area contributed by atoms with Gasteiger partial charge in [0.05, 0.1) is 10.7 Å². The first-order chi connectivity index (χ1) is 9.83. The molecule has 20 heavy (non-hydrogen) atoms. The van der Waals surface area contributed by atoms with Crippen molar-refractivity contribution in [3.63, 3.8) is 0 Å². The number of likely N-dealkylation sites (tertiary alicyclic amines) is 2. The molecule has 1 atom stereocenters. The third-order valence-corrected chi connectivity index (χ3v) is 4.85. The van der Waals surface area contributed by atoms with Gasteiger partial charge in [-0.3, -0.25) is 9.80 Å². The fraction of sp³-hybridized carbons (Fsp3) is 0.625. The molecule has 1 unspecified atom stereocenters. The van der Waals surface area contributed by atoms with Crippen molar-refractivity contribution in [2.45, 2.75) is 25.3 Å². The summed E-state index contributed by atoms with van der Waals surface area (Å²) in [6, 6.07) is 8.77. The van der Waals surface area contributed by atoms with Crippen molar-refractivity contribution in [3.05, 3.63) is 29.3 Å². The summed E-state index contributed by atoms with van der Waals surface area (Å²) in [5.41, 5.74) is 1.05. The Hall–Kier alpha value is -0.770. The molecule has 0 amide bonds. The molecule has 2 saturated heterocycles. The van der Waals surface area contributed by atoms with Crippen molar-refractivity contribution in [2.75, 3.05) is 44.6 Å². The van der Waals surface area contributed by atoms with Crippen LogP contribution in [0.1, 0.15) is 19.3 Å². The van der Waals surface area contributed by atoms with Crippen LogP contribution in [-0.4, -0.2) is 55.1 Å². The smallest absolute Gasteiger partial charge is 0.0637 e. The van der Waals surface area contributed by atoms with Gasteiger partial charge >= 0.3 is 0 Å². The van der Waals surface area contributed by atoms with Gasteiger partial charge in [0.25, 0.3) is 0 Å². The zero-order valence-corrected chi connectivity index (χ0v) is 12.8. The highest BCUT2D eigenvalue weighted by Crippen LogP contribution is 2.21. The van der Waals surface area contributed by atoms with E-state index in [4.69, 9.17) is 11.6 Å². The van der Waals surface area contributed by atoms with Gasteiger partial charge in [-0.15, -0.1) is 0 Å². The average Bonchev–Trinajstić information content (AvgIpc) is 3.11. The van der Waals surface area contributed by atoms with Gasteiger partial charge in [0.15, 0.2) is 0 Å². The molecular weight excluding hydrogens is 270 g/mol. The lowest BCUT2D eigenvalue weighted by Crippen LogP contribution is -2.36. The molecule has 2 aliphatic heterocycles. The van der Waals surface area contributed by atoms with E-state index in [0.717, 1.165) is 29.8 Å². The monoisotopic (exact) mass is 293 g/mol. The first kappa shape index (κ1) is 14.2. The lowest BCUT2D eigenvalue weighted by atomic mass is 10.2. The zero-order valence-electron chi connectivity index (χ0n) is 12.0. The van der Waals surface area contributed by atoms with Gasteiger partial charge in [-0.2, -0.15) is 0 Å². The van der Waals surface area contributed by atoms with Crippen LogP contribution in [0, 0.1) is 0 Å². The molecule has 3 nitrogen and oxygen atoms in total. The molecule has 0 radical (unpaired) electrons. The van der Waals surface area contributed by atoms with Crippen molar-refractivity contribution < 1.29 is 0 Å². The summed E-state index contributed by atoms with van der Waals surface area (Å²) in [6.45, 7) is 7.19. The lowest BCUT2D eigenvalue weighted by molar-refractivity contribution is 0.234. The van der Waals surface area contributed by atoms with Crippen LogP contribution in [0.4, 0.5) is 5.69 Å². The van der Waals surface area contributed by atoms with E-state index in [-0.39, 0.29) is 0 Å². The minimum absolute atomic E-state index is 0.804. The molecule has 0 spiro atoms. The third-order valence-electron chi connectivity index (χ3n) is 4.52. The molecule has 2 fully saturated rings. The number of hydrogen-bond acceptors (Lipinski definition) is 3. The Morgan fingerprint density at radius 2 is 1.95 bits per heavy atom. The first-order valence-corrected chi connectivity index (χ1v) is 8.15. The summed E-state index contributed by atoms with van der Waals surface area (Å²) in [6.07, 6.45) is 4.13. The number of nitrogens with zero attached hydrogens (tertiary/aromatic N) is 2. The largest absolute Gasteiger partial charge is 0.383 e. The van der Waals surface area contributed by atoms with Gasteiger partial charge in [0.2, 0.25) is 0 Å². The normalized spacial score (nSPS) is 24.4. The average molecular weight is 294 g/mol. The maximum absolute atomic E-state index is 6.15. The molecule has 3 rings (SSSR count). The minimum Gasteiger partial charge on any atom is -0.383 e. The molecule has 0 aromatic heterocycles. The molecule has 110 valence electrons. The molecule has 1 N–H and O–H groups in total. The van der Waals surface area contributed by atoms with E-state index in [9.17, 15) is 0 Å². The SMILES string of the molecule is Clc1ccccc1NCCN1CCC(N2CCCC2)C1. The second-order valence-electron chi connectivity index (χ2n) is 5.89. The van der Waals surface area contributed by atoms with E-state index in [0.29, 0.717) is 0 Å². The van der Waals surface area contributed by atoms with Crippen LogP contribution >= 0.6 is 11.6 Å². The van der Waals surface area contributed by atoms with Crippen LogP contribution in [0.2, 0.25) is 5.02 Å². The van der Waals surface area contributed by atoms with Crippen molar-refractivity contribution >= 4 is 17.3 Å². The van der Waals surface area contributed by atoms with Crippen LogP contribution in [-0.2, 0) is 0 Å². The van der Waals surface area contributed by atoms with E-state index < -0.39 is 0 Å². The van der Waals surface area contributed by atoms with Gasteiger partial charge in [-0.25, -0.2) is 0 Å². The minimum atomic E-state index is 0.804. The Morgan fingerprint density at radius 1 is 1.15 bits per heavy atom. The molecule has 0 saturated carbocycles. The second-order valence-corrected chi connectivity index (χ2v) is 6.30. The summed E-state index contributed by atoms with van der Waals surface area (Å²) in [5.74, 6) is 0. The molecular formula is C16H24ClN3. The predicted octanol–water partition coefficient (Wildman–Crippen LogP) is 2.92. The van der Waals surface area contributed by atoms with E-state index in [2.05, 4.69) is 15.1 Å². The van der Waals surface area contributed by atoms with Gasteiger partial charge in [-0.05, 0) is 51.0 Å². The number of para-hydroxylation sites is 1. The summed E-state index contributed by atoms with van der Waals surface area (Å²) in [7, 11) is 0. The third kappa shape index (κ3) is 3.46. The van der Waals surface area contributed by atoms with Crippen LogP contribution in [0.5, 0.6) is 0 Å². The summed E-state index contributed by atoms with van der Waals surface area (Å²) >= 11 is 6.15. The number of nitrogens with one attached hydrogen (secondary N) is 1. The maximum Gasteiger partial charge on any atom is 0.0637 e. The van der Waals surface area contributed by atoms with Crippen molar-refractivity contribution in [2.24, 2.45) is 0 Å². The summed E-state index contributed by atoms with van der Waals surface area (Å²) < 4.78 is 0. The molecule has 0 aliphatic carbocycles. The Morgan fingerprint density at radius 3 is 2.75 bits per heavy atom. The number of rotatable bonds is 5. The molecule has 0 bridgehead atoms. The summed E-state index contributed by atoms with van der Waals surface area (Å²) in [5, 5.41) is 4.25. The van der Waals surface area contributed by atoms with Gasteiger partial charge < -0.3 is 5.32 Å².